The normalized spacial score (nSPS) is 15.3. The van der Waals surface area contributed by atoms with Crippen LogP contribution in [0.5, 0.6) is 0 Å². The van der Waals surface area contributed by atoms with Crippen LogP contribution in [0, 0.1) is 0 Å². The van der Waals surface area contributed by atoms with Crippen LogP contribution in [-0.4, -0.2) is 17.6 Å². The van der Waals surface area contributed by atoms with Crippen LogP contribution in [0.2, 0.25) is 0 Å². The minimum atomic E-state index is -4.41. The third kappa shape index (κ3) is 5.15. The number of halogens is 3. The van der Waals surface area contributed by atoms with Gasteiger partial charge in [0, 0.05) is 24.0 Å². The SMILES string of the molecule is O=C(O)CCNCc1ccc2oc(-c3ccc(C4CCCCC4)c(C(F)(F)F)c3)cc2c1. The number of furan rings is 1. The third-order valence-corrected chi connectivity index (χ3v) is 6.11. The Labute approximate surface area is 184 Å². The van der Waals surface area contributed by atoms with E-state index in [1.165, 1.54) is 6.07 Å². The van der Waals surface area contributed by atoms with Crippen molar-refractivity contribution < 1.29 is 27.5 Å². The fraction of sp³-hybridized carbons (Fsp3) is 0.400. The molecule has 0 unspecified atom stereocenters. The van der Waals surface area contributed by atoms with E-state index in [1.807, 2.05) is 12.1 Å². The number of nitrogens with one attached hydrogen (secondary N) is 1. The van der Waals surface area contributed by atoms with Gasteiger partial charge in [0.15, 0.2) is 0 Å². The molecule has 7 heteroatoms. The molecule has 1 aliphatic rings. The molecule has 0 bridgehead atoms. The van der Waals surface area contributed by atoms with Crippen molar-refractivity contribution in [3.63, 3.8) is 0 Å². The summed E-state index contributed by atoms with van der Waals surface area (Å²) in [6, 6.07) is 11.9. The highest BCUT2D eigenvalue weighted by Crippen LogP contribution is 2.42. The zero-order valence-corrected chi connectivity index (χ0v) is 17.7. The molecule has 1 saturated carbocycles. The van der Waals surface area contributed by atoms with Crippen molar-refractivity contribution in [2.75, 3.05) is 6.54 Å². The summed E-state index contributed by atoms with van der Waals surface area (Å²) in [5.41, 5.74) is 1.78. The predicted molar refractivity (Wildman–Crippen MR) is 116 cm³/mol. The molecule has 1 aromatic heterocycles. The van der Waals surface area contributed by atoms with Gasteiger partial charge in [-0.3, -0.25) is 4.79 Å². The monoisotopic (exact) mass is 445 g/mol. The van der Waals surface area contributed by atoms with Gasteiger partial charge in [-0.25, -0.2) is 0 Å². The highest BCUT2D eigenvalue weighted by atomic mass is 19.4. The standard InChI is InChI=1S/C25H26F3NO3/c26-25(27,28)21-13-18(7-8-20(21)17-4-2-1-3-5-17)23-14-19-12-16(6-9-22(19)32-23)15-29-11-10-24(30)31/h6-9,12-14,17,29H,1-5,10-11,15H2,(H,30,31). The summed E-state index contributed by atoms with van der Waals surface area (Å²) in [5.74, 6) is -0.502. The molecule has 170 valence electrons. The minimum absolute atomic E-state index is 0.0382. The molecule has 1 aliphatic carbocycles. The molecule has 4 nitrogen and oxygen atoms in total. The predicted octanol–water partition coefficient (Wildman–Crippen LogP) is 6.73. The van der Waals surface area contributed by atoms with Gasteiger partial charge in [-0.1, -0.05) is 37.5 Å². The Morgan fingerprint density at radius 1 is 1.06 bits per heavy atom. The molecule has 0 saturated heterocycles. The van der Waals surface area contributed by atoms with E-state index in [9.17, 15) is 18.0 Å². The smallest absolute Gasteiger partial charge is 0.416 e. The van der Waals surface area contributed by atoms with Crippen LogP contribution in [-0.2, 0) is 17.5 Å². The Bertz CT molecular complexity index is 1100. The number of alkyl halides is 3. The van der Waals surface area contributed by atoms with Crippen LogP contribution in [0.3, 0.4) is 0 Å². The Hall–Kier alpha value is -2.80. The topological polar surface area (TPSA) is 62.5 Å². The molecule has 1 fully saturated rings. The zero-order chi connectivity index (χ0) is 22.7. The van der Waals surface area contributed by atoms with Gasteiger partial charge in [0.1, 0.15) is 11.3 Å². The summed E-state index contributed by atoms with van der Waals surface area (Å²) < 4.78 is 47.5. The second kappa shape index (κ2) is 9.36. The molecule has 0 aliphatic heterocycles. The van der Waals surface area contributed by atoms with E-state index in [0.29, 0.717) is 35.6 Å². The molecule has 0 amide bonds. The first-order chi connectivity index (χ1) is 15.3. The summed E-state index contributed by atoms with van der Waals surface area (Å²) in [6.07, 6.45) is 0.264. The second-order valence-electron chi connectivity index (χ2n) is 8.44. The van der Waals surface area contributed by atoms with Crippen molar-refractivity contribution in [3.05, 3.63) is 59.2 Å². The lowest BCUT2D eigenvalue weighted by molar-refractivity contribution is -0.138. The Morgan fingerprint density at radius 2 is 1.84 bits per heavy atom. The number of rotatable bonds is 7. The number of benzene rings is 2. The average molecular weight is 445 g/mol. The summed E-state index contributed by atoms with van der Waals surface area (Å²) in [5, 5.41) is 12.6. The molecular weight excluding hydrogens is 419 g/mol. The first-order valence-corrected chi connectivity index (χ1v) is 11.0. The number of carbonyl (C=O) groups is 1. The zero-order valence-electron chi connectivity index (χ0n) is 17.7. The van der Waals surface area contributed by atoms with E-state index in [-0.39, 0.29) is 12.3 Å². The molecule has 32 heavy (non-hydrogen) atoms. The summed E-state index contributed by atoms with van der Waals surface area (Å²) in [4.78, 5) is 10.6. The van der Waals surface area contributed by atoms with Crippen molar-refractivity contribution in [2.24, 2.45) is 0 Å². The fourth-order valence-corrected chi connectivity index (χ4v) is 4.50. The van der Waals surface area contributed by atoms with Crippen molar-refractivity contribution in [2.45, 2.75) is 57.2 Å². The van der Waals surface area contributed by atoms with E-state index >= 15 is 0 Å². The highest BCUT2D eigenvalue weighted by Gasteiger charge is 2.36. The molecule has 2 aromatic carbocycles. The lowest BCUT2D eigenvalue weighted by atomic mass is 9.81. The van der Waals surface area contributed by atoms with E-state index < -0.39 is 17.7 Å². The maximum absolute atomic E-state index is 13.9. The first-order valence-electron chi connectivity index (χ1n) is 11.0. The van der Waals surface area contributed by atoms with Crippen LogP contribution >= 0.6 is 0 Å². The molecule has 4 rings (SSSR count). The van der Waals surface area contributed by atoms with E-state index in [2.05, 4.69) is 5.32 Å². The Balaban J connectivity index is 1.59. The minimum Gasteiger partial charge on any atom is -0.481 e. The lowest BCUT2D eigenvalue weighted by Crippen LogP contribution is -2.17. The van der Waals surface area contributed by atoms with Crippen LogP contribution < -0.4 is 5.32 Å². The summed E-state index contributed by atoms with van der Waals surface area (Å²) >= 11 is 0. The molecule has 0 spiro atoms. The fourth-order valence-electron chi connectivity index (χ4n) is 4.50. The number of carboxylic acid groups (broad SMARTS) is 1. The van der Waals surface area contributed by atoms with E-state index in [0.717, 1.165) is 43.1 Å². The molecule has 0 atom stereocenters. The Morgan fingerprint density at radius 3 is 2.56 bits per heavy atom. The maximum atomic E-state index is 13.9. The third-order valence-electron chi connectivity index (χ3n) is 6.11. The van der Waals surface area contributed by atoms with Gasteiger partial charge in [0.05, 0.1) is 12.0 Å². The second-order valence-corrected chi connectivity index (χ2v) is 8.44. The number of hydrogen-bond donors (Lipinski definition) is 2. The number of fused-ring (bicyclic) bond motifs is 1. The van der Waals surface area contributed by atoms with Gasteiger partial charge in [-0.15, -0.1) is 0 Å². The van der Waals surface area contributed by atoms with Gasteiger partial charge >= 0.3 is 12.1 Å². The average Bonchev–Trinajstić information content (AvgIpc) is 3.20. The molecular formula is C25H26F3NO3. The van der Waals surface area contributed by atoms with Gasteiger partial charge in [0.25, 0.3) is 0 Å². The van der Waals surface area contributed by atoms with Crippen LogP contribution in [0.1, 0.15) is 61.1 Å². The largest absolute Gasteiger partial charge is 0.481 e. The van der Waals surface area contributed by atoms with E-state index in [4.69, 9.17) is 9.52 Å². The number of carboxylic acids is 1. The van der Waals surface area contributed by atoms with Crippen LogP contribution in [0.4, 0.5) is 13.2 Å². The number of aliphatic carboxylic acids is 1. The van der Waals surface area contributed by atoms with Gasteiger partial charge < -0.3 is 14.8 Å². The van der Waals surface area contributed by atoms with Crippen LogP contribution in [0.15, 0.2) is 46.9 Å². The molecule has 3 aromatic rings. The first kappa shape index (κ1) is 22.4. The van der Waals surface area contributed by atoms with Crippen molar-refractivity contribution >= 4 is 16.9 Å². The maximum Gasteiger partial charge on any atom is 0.416 e. The van der Waals surface area contributed by atoms with E-state index in [1.54, 1.807) is 24.3 Å². The highest BCUT2D eigenvalue weighted by molar-refractivity contribution is 5.83. The quantitative estimate of drug-likeness (QED) is 0.396. The van der Waals surface area contributed by atoms with Crippen LogP contribution in [0.25, 0.3) is 22.3 Å². The van der Waals surface area contributed by atoms with Crippen molar-refractivity contribution in [1.29, 1.82) is 0 Å². The van der Waals surface area contributed by atoms with Crippen molar-refractivity contribution in [3.8, 4) is 11.3 Å². The molecule has 1 heterocycles. The van der Waals surface area contributed by atoms with Gasteiger partial charge in [0.2, 0.25) is 0 Å². The lowest BCUT2D eigenvalue weighted by Gasteiger charge is -2.25. The number of hydrogen-bond acceptors (Lipinski definition) is 3. The summed E-state index contributed by atoms with van der Waals surface area (Å²) in [7, 11) is 0. The van der Waals surface area contributed by atoms with Gasteiger partial charge in [-0.05, 0) is 54.2 Å². The Kier molecular flexibility index (Phi) is 6.55. The molecule has 2 N–H and O–H groups in total. The summed E-state index contributed by atoms with van der Waals surface area (Å²) in [6.45, 7) is 0.857. The molecule has 0 radical (unpaired) electrons. The van der Waals surface area contributed by atoms with Crippen molar-refractivity contribution in [1.82, 2.24) is 5.32 Å². The van der Waals surface area contributed by atoms with Gasteiger partial charge in [-0.2, -0.15) is 13.2 Å².